The molecule has 1 unspecified atom stereocenters. The normalized spacial score (nSPS) is 21.6. The minimum Gasteiger partial charge on any atom is -0.353 e. The van der Waals surface area contributed by atoms with E-state index in [-0.39, 0.29) is 5.56 Å². The SMILES string of the molecule is CC1CCCN1c1nc[nH]c(=O)c1I. The van der Waals surface area contributed by atoms with E-state index in [4.69, 9.17) is 0 Å². The quantitative estimate of drug-likeness (QED) is 0.797. The fraction of sp³-hybridized carbons (Fsp3) is 0.556. The van der Waals surface area contributed by atoms with E-state index >= 15 is 0 Å². The fourth-order valence-corrected chi connectivity index (χ4v) is 2.43. The number of halogens is 1. The van der Waals surface area contributed by atoms with Gasteiger partial charge in [0.15, 0.2) is 0 Å². The second-order valence-electron chi connectivity index (χ2n) is 3.55. The van der Waals surface area contributed by atoms with E-state index in [2.05, 4.69) is 44.4 Å². The van der Waals surface area contributed by atoms with Crippen molar-refractivity contribution in [1.82, 2.24) is 9.97 Å². The Bertz CT molecular complexity index is 390. The predicted octanol–water partition coefficient (Wildman–Crippen LogP) is 1.36. The second kappa shape index (κ2) is 3.88. The van der Waals surface area contributed by atoms with Gasteiger partial charge in [-0.05, 0) is 42.4 Å². The van der Waals surface area contributed by atoms with Gasteiger partial charge in [-0.25, -0.2) is 4.98 Å². The van der Waals surface area contributed by atoms with Gasteiger partial charge in [0, 0.05) is 12.6 Å². The summed E-state index contributed by atoms with van der Waals surface area (Å²) in [5, 5.41) is 0. The van der Waals surface area contributed by atoms with E-state index < -0.39 is 0 Å². The monoisotopic (exact) mass is 305 g/mol. The van der Waals surface area contributed by atoms with E-state index in [0.29, 0.717) is 9.61 Å². The van der Waals surface area contributed by atoms with E-state index in [9.17, 15) is 4.79 Å². The van der Waals surface area contributed by atoms with Crippen LogP contribution in [0.1, 0.15) is 19.8 Å². The molecule has 0 spiro atoms. The summed E-state index contributed by atoms with van der Waals surface area (Å²) < 4.78 is 0.693. The zero-order valence-corrected chi connectivity index (χ0v) is 10.1. The van der Waals surface area contributed by atoms with Crippen LogP contribution in [0.25, 0.3) is 0 Å². The number of rotatable bonds is 1. The number of aromatic nitrogens is 2. The molecular formula is C9H12IN3O. The van der Waals surface area contributed by atoms with Crippen LogP contribution in [0.2, 0.25) is 0 Å². The van der Waals surface area contributed by atoms with Crippen LogP contribution in [0.4, 0.5) is 5.82 Å². The maximum atomic E-state index is 11.4. The first-order chi connectivity index (χ1) is 6.70. The molecule has 0 bridgehead atoms. The standard InChI is InChI=1S/C9H12IN3O/c1-6-3-2-4-13(6)8-7(10)9(14)12-5-11-8/h5-6H,2-4H2,1H3,(H,11,12,14). The lowest BCUT2D eigenvalue weighted by molar-refractivity contribution is 0.723. The van der Waals surface area contributed by atoms with Crippen molar-refractivity contribution >= 4 is 28.4 Å². The van der Waals surface area contributed by atoms with Crippen molar-refractivity contribution in [2.75, 3.05) is 11.4 Å². The van der Waals surface area contributed by atoms with Crippen molar-refractivity contribution in [2.45, 2.75) is 25.8 Å². The Hall–Kier alpha value is -0.590. The van der Waals surface area contributed by atoms with Crippen molar-refractivity contribution in [3.63, 3.8) is 0 Å². The molecular weight excluding hydrogens is 293 g/mol. The number of hydrogen-bond acceptors (Lipinski definition) is 3. The van der Waals surface area contributed by atoms with Crippen LogP contribution in [0.15, 0.2) is 11.1 Å². The lowest BCUT2D eigenvalue weighted by Crippen LogP contribution is -2.30. The third kappa shape index (κ3) is 1.65. The number of anilines is 1. The van der Waals surface area contributed by atoms with Crippen LogP contribution >= 0.6 is 22.6 Å². The minimum atomic E-state index is -0.0466. The molecule has 0 aliphatic carbocycles. The summed E-state index contributed by atoms with van der Waals surface area (Å²) in [5.74, 6) is 0.833. The Kier molecular flexibility index (Phi) is 2.76. The molecule has 1 aliphatic heterocycles. The zero-order valence-electron chi connectivity index (χ0n) is 7.96. The van der Waals surface area contributed by atoms with Crippen molar-refractivity contribution in [2.24, 2.45) is 0 Å². The number of nitrogens with zero attached hydrogens (tertiary/aromatic N) is 2. The summed E-state index contributed by atoms with van der Waals surface area (Å²) in [6.45, 7) is 3.18. The van der Waals surface area contributed by atoms with Gasteiger partial charge in [0.05, 0.1) is 6.33 Å². The molecule has 5 heteroatoms. The molecule has 0 radical (unpaired) electrons. The van der Waals surface area contributed by atoms with E-state index in [0.717, 1.165) is 12.4 Å². The Morgan fingerprint density at radius 1 is 1.71 bits per heavy atom. The van der Waals surface area contributed by atoms with Crippen LogP contribution < -0.4 is 10.5 Å². The highest BCUT2D eigenvalue weighted by atomic mass is 127. The van der Waals surface area contributed by atoms with Crippen LogP contribution in [-0.2, 0) is 0 Å². The molecule has 0 aromatic carbocycles. The first-order valence-electron chi connectivity index (χ1n) is 4.70. The van der Waals surface area contributed by atoms with E-state index in [1.807, 2.05) is 0 Å². The first kappa shape index (κ1) is 9.95. The van der Waals surface area contributed by atoms with Crippen LogP contribution in [-0.4, -0.2) is 22.6 Å². The van der Waals surface area contributed by atoms with Crippen molar-refractivity contribution in [1.29, 1.82) is 0 Å². The number of nitrogens with one attached hydrogen (secondary N) is 1. The lowest BCUT2D eigenvalue weighted by atomic mass is 10.2. The molecule has 1 saturated heterocycles. The molecule has 1 aromatic heterocycles. The van der Waals surface area contributed by atoms with Crippen molar-refractivity contribution in [3.8, 4) is 0 Å². The lowest BCUT2D eigenvalue weighted by Gasteiger charge is -2.22. The molecule has 1 atom stereocenters. The highest BCUT2D eigenvalue weighted by Crippen LogP contribution is 2.25. The molecule has 1 N–H and O–H groups in total. The van der Waals surface area contributed by atoms with Gasteiger partial charge in [-0.3, -0.25) is 4.79 Å². The molecule has 14 heavy (non-hydrogen) atoms. The number of H-pyrrole nitrogens is 1. The van der Waals surface area contributed by atoms with Crippen molar-refractivity contribution in [3.05, 3.63) is 20.3 Å². The maximum Gasteiger partial charge on any atom is 0.266 e. The molecule has 2 heterocycles. The molecule has 76 valence electrons. The molecule has 1 aromatic rings. The van der Waals surface area contributed by atoms with Gasteiger partial charge in [0.2, 0.25) is 0 Å². The summed E-state index contributed by atoms with van der Waals surface area (Å²) in [7, 11) is 0. The number of hydrogen-bond donors (Lipinski definition) is 1. The highest BCUT2D eigenvalue weighted by Gasteiger charge is 2.23. The smallest absolute Gasteiger partial charge is 0.266 e. The molecule has 1 aliphatic rings. The predicted molar refractivity (Wildman–Crippen MR) is 63.6 cm³/mol. The third-order valence-electron chi connectivity index (χ3n) is 2.60. The highest BCUT2D eigenvalue weighted by molar-refractivity contribution is 14.1. The second-order valence-corrected chi connectivity index (χ2v) is 4.63. The van der Waals surface area contributed by atoms with Crippen LogP contribution in [0.5, 0.6) is 0 Å². The van der Waals surface area contributed by atoms with Crippen molar-refractivity contribution < 1.29 is 0 Å². The summed E-state index contributed by atoms with van der Waals surface area (Å²) >= 11 is 2.06. The molecule has 0 saturated carbocycles. The van der Waals surface area contributed by atoms with Gasteiger partial charge < -0.3 is 9.88 Å². The van der Waals surface area contributed by atoms with Gasteiger partial charge in [-0.15, -0.1) is 0 Å². The Labute approximate surface area is 95.9 Å². The van der Waals surface area contributed by atoms with Gasteiger partial charge in [-0.2, -0.15) is 0 Å². The average Bonchev–Trinajstić information content (AvgIpc) is 2.57. The zero-order chi connectivity index (χ0) is 10.1. The maximum absolute atomic E-state index is 11.4. The van der Waals surface area contributed by atoms with Gasteiger partial charge in [-0.1, -0.05) is 0 Å². The molecule has 4 nitrogen and oxygen atoms in total. The Balaban J connectivity index is 2.41. The molecule has 0 amide bonds. The first-order valence-corrected chi connectivity index (χ1v) is 5.78. The fourth-order valence-electron chi connectivity index (χ4n) is 1.82. The summed E-state index contributed by atoms with van der Waals surface area (Å²) in [4.78, 5) is 20.4. The number of aromatic amines is 1. The van der Waals surface area contributed by atoms with Gasteiger partial charge in [0.25, 0.3) is 5.56 Å². The Morgan fingerprint density at radius 2 is 2.50 bits per heavy atom. The van der Waals surface area contributed by atoms with Crippen LogP contribution in [0, 0.1) is 3.57 Å². The van der Waals surface area contributed by atoms with Gasteiger partial charge in [0.1, 0.15) is 9.39 Å². The van der Waals surface area contributed by atoms with E-state index in [1.54, 1.807) is 0 Å². The van der Waals surface area contributed by atoms with Crippen LogP contribution in [0.3, 0.4) is 0 Å². The topological polar surface area (TPSA) is 49.0 Å². The van der Waals surface area contributed by atoms with E-state index in [1.165, 1.54) is 19.2 Å². The molecule has 2 rings (SSSR count). The summed E-state index contributed by atoms with van der Waals surface area (Å²) in [5.41, 5.74) is -0.0466. The minimum absolute atomic E-state index is 0.0466. The third-order valence-corrected chi connectivity index (χ3v) is 3.58. The largest absolute Gasteiger partial charge is 0.353 e. The Morgan fingerprint density at radius 3 is 3.14 bits per heavy atom. The summed E-state index contributed by atoms with van der Waals surface area (Å²) in [6, 6.07) is 0.498. The molecule has 1 fully saturated rings. The average molecular weight is 305 g/mol. The van der Waals surface area contributed by atoms with Gasteiger partial charge >= 0.3 is 0 Å². The summed E-state index contributed by atoms with van der Waals surface area (Å²) in [6.07, 6.45) is 3.85.